The van der Waals surface area contributed by atoms with Gasteiger partial charge in [-0.2, -0.15) is 0 Å². The first-order chi connectivity index (χ1) is 14.7. The number of carbonyl (C=O) groups is 2. The normalized spacial score (nSPS) is 10.8. The SMILES string of the molecule is O=C(c1ccccc1)c1ccc(C=Cc2ccc(C(=O)c3ccccc3)cc2)cc1. The van der Waals surface area contributed by atoms with Crippen molar-refractivity contribution < 1.29 is 9.59 Å². The van der Waals surface area contributed by atoms with Crippen molar-refractivity contribution >= 4 is 23.7 Å². The molecule has 0 radical (unpaired) electrons. The summed E-state index contributed by atoms with van der Waals surface area (Å²) in [6.45, 7) is 0. The second-order valence-corrected chi connectivity index (χ2v) is 6.97. The molecule has 0 aliphatic rings. The van der Waals surface area contributed by atoms with Gasteiger partial charge in [-0.1, -0.05) is 121 Å². The highest BCUT2D eigenvalue weighted by Gasteiger charge is 2.08. The predicted octanol–water partition coefficient (Wildman–Crippen LogP) is 6.32. The molecule has 0 bridgehead atoms. The van der Waals surface area contributed by atoms with Crippen molar-refractivity contribution in [2.24, 2.45) is 0 Å². The number of hydrogen-bond donors (Lipinski definition) is 0. The molecule has 0 atom stereocenters. The lowest BCUT2D eigenvalue weighted by atomic mass is 10.0. The van der Waals surface area contributed by atoms with Gasteiger partial charge in [-0.25, -0.2) is 0 Å². The van der Waals surface area contributed by atoms with Crippen LogP contribution in [0, 0.1) is 0 Å². The van der Waals surface area contributed by atoms with Crippen LogP contribution in [0.25, 0.3) is 12.2 Å². The molecule has 0 fully saturated rings. The van der Waals surface area contributed by atoms with Gasteiger partial charge in [-0.15, -0.1) is 0 Å². The van der Waals surface area contributed by atoms with Gasteiger partial charge < -0.3 is 0 Å². The van der Waals surface area contributed by atoms with Gasteiger partial charge in [-0.05, 0) is 11.1 Å². The molecule has 0 saturated heterocycles. The van der Waals surface area contributed by atoms with E-state index in [-0.39, 0.29) is 11.6 Å². The zero-order chi connectivity index (χ0) is 20.8. The summed E-state index contributed by atoms with van der Waals surface area (Å²) >= 11 is 0. The van der Waals surface area contributed by atoms with E-state index in [2.05, 4.69) is 0 Å². The smallest absolute Gasteiger partial charge is 0.193 e. The Kier molecular flexibility index (Phi) is 5.77. The van der Waals surface area contributed by atoms with E-state index in [1.165, 1.54) is 0 Å². The van der Waals surface area contributed by atoms with Crippen molar-refractivity contribution in [3.8, 4) is 0 Å². The molecule has 0 aliphatic carbocycles. The van der Waals surface area contributed by atoms with Crippen molar-refractivity contribution in [3.05, 3.63) is 143 Å². The van der Waals surface area contributed by atoms with E-state index in [0.717, 1.165) is 11.1 Å². The minimum Gasteiger partial charge on any atom is -0.289 e. The lowest BCUT2D eigenvalue weighted by Gasteiger charge is -2.03. The van der Waals surface area contributed by atoms with Crippen LogP contribution < -0.4 is 0 Å². The van der Waals surface area contributed by atoms with E-state index < -0.39 is 0 Å². The maximum absolute atomic E-state index is 12.5. The first-order valence-electron chi connectivity index (χ1n) is 9.78. The van der Waals surface area contributed by atoms with E-state index >= 15 is 0 Å². The quantitative estimate of drug-likeness (QED) is 0.286. The number of benzene rings is 4. The second kappa shape index (κ2) is 8.97. The molecule has 4 rings (SSSR count). The molecule has 0 N–H and O–H groups in total. The van der Waals surface area contributed by atoms with Crippen LogP contribution in [0.4, 0.5) is 0 Å². The van der Waals surface area contributed by atoms with Gasteiger partial charge in [0.1, 0.15) is 0 Å². The summed E-state index contributed by atoms with van der Waals surface area (Å²) in [6.07, 6.45) is 3.98. The van der Waals surface area contributed by atoms with Crippen LogP contribution in [0.5, 0.6) is 0 Å². The largest absolute Gasteiger partial charge is 0.289 e. The van der Waals surface area contributed by atoms with Crippen LogP contribution in [0.1, 0.15) is 43.0 Å². The van der Waals surface area contributed by atoms with E-state index in [1.54, 1.807) is 0 Å². The van der Waals surface area contributed by atoms with Gasteiger partial charge in [0.15, 0.2) is 11.6 Å². The molecule has 4 aromatic carbocycles. The second-order valence-electron chi connectivity index (χ2n) is 6.97. The average Bonchev–Trinajstić information content (AvgIpc) is 2.83. The monoisotopic (exact) mass is 388 g/mol. The molecule has 0 spiro atoms. The van der Waals surface area contributed by atoms with Crippen LogP contribution in [0.15, 0.2) is 109 Å². The highest BCUT2D eigenvalue weighted by Crippen LogP contribution is 2.15. The van der Waals surface area contributed by atoms with Crippen molar-refractivity contribution in [3.63, 3.8) is 0 Å². The van der Waals surface area contributed by atoms with Crippen LogP contribution in [-0.4, -0.2) is 11.6 Å². The van der Waals surface area contributed by atoms with Crippen LogP contribution in [-0.2, 0) is 0 Å². The minimum atomic E-state index is 0.0183. The molecule has 144 valence electrons. The molecule has 2 heteroatoms. The summed E-state index contributed by atoms with van der Waals surface area (Å²) in [5.74, 6) is 0.0367. The fourth-order valence-corrected chi connectivity index (χ4v) is 3.20. The molecule has 0 saturated carbocycles. The van der Waals surface area contributed by atoms with E-state index in [0.29, 0.717) is 22.3 Å². The summed E-state index contributed by atoms with van der Waals surface area (Å²) in [7, 11) is 0. The Morgan fingerprint density at radius 3 is 1.03 bits per heavy atom. The minimum absolute atomic E-state index is 0.0183. The third kappa shape index (κ3) is 4.50. The van der Waals surface area contributed by atoms with Gasteiger partial charge in [0.2, 0.25) is 0 Å². The number of ketones is 2. The lowest BCUT2D eigenvalue weighted by Crippen LogP contribution is -2.00. The predicted molar refractivity (Wildman–Crippen MR) is 122 cm³/mol. The molecule has 2 nitrogen and oxygen atoms in total. The van der Waals surface area contributed by atoms with Crippen LogP contribution in [0.2, 0.25) is 0 Å². The van der Waals surface area contributed by atoms with Gasteiger partial charge in [-0.3, -0.25) is 9.59 Å². The van der Waals surface area contributed by atoms with Crippen molar-refractivity contribution in [1.82, 2.24) is 0 Å². The molecule has 0 aromatic heterocycles. The van der Waals surface area contributed by atoms with Gasteiger partial charge in [0, 0.05) is 22.3 Å². The van der Waals surface area contributed by atoms with E-state index in [4.69, 9.17) is 0 Å². The highest BCUT2D eigenvalue weighted by atomic mass is 16.1. The van der Waals surface area contributed by atoms with Gasteiger partial charge in [0.05, 0.1) is 0 Å². The summed E-state index contributed by atoms with van der Waals surface area (Å²) in [5.41, 5.74) is 4.72. The van der Waals surface area contributed by atoms with Gasteiger partial charge >= 0.3 is 0 Å². The zero-order valence-corrected chi connectivity index (χ0v) is 16.4. The molecule has 30 heavy (non-hydrogen) atoms. The Hall–Kier alpha value is -4.04. The molecular weight excluding hydrogens is 368 g/mol. The molecule has 4 aromatic rings. The van der Waals surface area contributed by atoms with Gasteiger partial charge in [0.25, 0.3) is 0 Å². The van der Waals surface area contributed by atoms with E-state index in [9.17, 15) is 9.59 Å². The van der Waals surface area contributed by atoms with Crippen LogP contribution in [0.3, 0.4) is 0 Å². The maximum Gasteiger partial charge on any atom is 0.193 e. The Morgan fingerprint density at radius 1 is 0.400 bits per heavy atom. The highest BCUT2D eigenvalue weighted by molar-refractivity contribution is 6.09. The van der Waals surface area contributed by atoms with Crippen molar-refractivity contribution in [2.75, 3.05) is 0 Å². The number of hydrogen-bond acceptors (Lipinski definition) is 2. The third-order valence-corrected chi connectivity index (χ3v) is 4.89. The Morgan fingerprint density at radius 2 is 0.700 bits per heavy atom. The average molecular weight is 388 g/mol. The first-order valence-corrected chi connectivity index (χ1v) is 9.78. The summed E-state index contributed by atoms with van der Waals surface area (Å²) in [5, 5.41) is 0. The standard InChI is InChI=1S/C28H20O2/c29-27(23-7-3-1-4-8-23)25-17-13-21(14-18-25)11-12-22-15-19-26(20-16-22)28(30)24-9-5-2-6-10-24/h1-20H. The molecule has 0 amide bonds. The van der Waals surface area contributed by atoms with Crippen LogP contribution >= 0.6 is 0 Å². The molecular formula is C28H20O2. The number of carbonyl (C=O) groups excluding carboxylic acids is 2. The molecule has 0 aliphatic heterocycles. The summed E-state index contributed by atoms with van der Waals surface area (Å²) in [4.78, 5) is 25.0. The topological polar surface area (TPSA) is 34.1 Å². The molecule has 0 heterocycles. The van der Waals surface area contributed by atoms with Crippen molar-refractivity contribution in [1.29, 1.82) is 0 Å². The Balaban J connectivity index is 1.44. The zero-order valence-electron chi connectivity index (χ0n) is 16.4. The number of rotatable bonds is 6. The summed E-state index contributed by atoms with van der Waals surface area (Å²) < 4.78 is 0. The fourth-order valence-electron chi connectivity index (χ4n) is 3.20. The fraction of sp³-hybridized carbons (Fsp3) is 0. The molecule has 0 unspecified atom stereocenters. The third-order valence-electron chi connectivity index (χ3n) is 4.89. The Labute approximate surface area is 176 Å². The van der Waals surface area contributed by atoms with Crippen molar-refractivity contribution in [2.45, 2.75) is 0 Å². The Bertz CT molecular complexity index is 1070. The summed E-state index contributed by atoms with van der Waals surface area (Å²) in [6, 6.07) is 33.6. The van der Waals surface area contributed by atoms with E-state index in [1.807, 2.05) is 121 Å². The lowest BCUT2D eigenvalue weighted by molar-refractivity contribution is 0.103. The maximum atomic E-state index is 12.5. The first kappa shape index (κ1) is 19.3.